The number of rotatable bonds is 5. The van der Waals surface area contributed by atoms with E-state index in [0.717, 1.165) is 39.9 Å². The smallest absolute Gasteiger partial charge is 0.255 e. The van der Waals surface area contributed by atoms with E-state index in [0.29, 0.717) is 25.3 Å². The number of fused-ring (bicyclic) bond motifs is 1. The molecule has 0 aliphatic carbocycles. The average molecular weight is 406 g/mol. The van der Waals surface area contributed by atoms with E-state index in [-0.39, 0.29) is 5.91 Å². The van der Waals surface area contributed by atoms with E-state index < -0.39 is 0 Å². The molecule has 2 heterocycles. The second-order valence-electron chi connectivity index (χ2n) is 7.46. The summed E-state index contributed by atoms with van der Waals surface area (Å²) < 4.78 is 18.6. The van der Waals surface area contributed by atoms with Crippen LogP contribution in [0.25, 0.3) is 5.69 Å². The second kappa shape index (κ2) is 8.14. The monoisotopic (exact) mass is 406 g/mol. The maximum Gasteiger partial charge on any atom is 0.255 e. The zero-order valence-electron chi connectivity index (χ0n) is 17.8. The van der Waals surface area contributed by atoms with Crippen LogP contribution in [0.1, 0.15) is 27.3 Å². The van der Waals surface area contributed by atoms with E-state index >= 15 is 0 Å². The highest BCUT2D eigenvalue weighted by molar-refractivity contribution is 5.95. The molecule has 0 radical (unpaired) electrons. The van der Waals surface area contributed by atoms with E-state index in [1.807, 2.05) is 69.4 Å². The average Bonchev–Trinajstić information content (AvgIpc) is 3.07. The molecule has 0 N–H and O–H groups in total. The molecule has 1 amide bonds. The summed E-state index contributed by atoms with van der Waals surface area (Å²) in [6.45, 7) is 5.60. The second-order valence-corrected chi connectivity index (χ2v) is 7.46. The highest BCUT2D eigenvalue weighted by atomic mass is 16.6. The first-order chi connectivity index (χ1) is 14.5. The molecular formula is C24H26N2O4. The molecule has 1 aliphatic heterocycles. The molecule has 0 atom stereocenters. The highest BCUT2D eigenvalue weighted by Crippen LogP contribution is 2.33. The molecule has 0 fully saturated rings. The molecule has 3 aromatic rings. The minimum absolute atomic E-state index is 0.0114. The third-order valence-electron chi connectivity index (χ3n) is 5.37. The number of ether oxygens (including phenoxy) is 3. The van der Waals surface area contributed by atoms with E-state index in [9.17, 15) is 4.79 Å². The van der Waals surface area contributed by atoms with Crippen molar-refractivity contribution in [2.45, 2.75) is 20.4 Å². The van der Waals surface area contributed by atoms with Gasteiger partial charge < -0.3 is 23.7 Å². The van der Waals surface area contributed by atoms with Crippen LogP contribution in [0.5, 0.6) is 17.2 Å². The number of benzene rings is 2. The minimum atomic E-state index is -0.0114. The summed E-state index contributed by atoms with van der Waals surface area (Å²) in [5.41, 5.74) is 4.58. The fourth-order valence-electron chi connectivity index (χ4n) is 3.83. The Hall–Kier alpha value is -3.41. The summed E-state index contributed by atoms with van der Waals surface area (Å²) in [5, 5.41) is 0. The molecule has 1 aromatic heterocycles. The van der Waals surface area contributed by atoms with Crippen LogP contribution in [0, 0.1) is 13.8 Å². The van der Waals surface area contributed by atoms with Crippen LogP contribution in [0.15, 0.2) is 48.5 Å². The molecule has 4 rings (SSSR count). The standard InChI is InChI=1S/C24H26N2O4/c1-16-13-21(24(27)25(3)15-18-5-8-20(28-4)9-6-18)17(2)26(16)19-7-10-22-23(14-19)30-12-11-29-22/h5-10,13-14H,11-12,15H2,1-4H3. The summed E-state index contributed by atoms with van der Waals surface area (Å²) in [6, 6.07) is 15.6. The number of aryl methyl sites for hydroxylation is 1. The largest absolute Gasteiger partial charge is 0.497 e. The van der Waals surface area contributed by atoms with Crippen LogP contribution in [-0.2, 0) is 6.54 Å². The number of hydrogen-bond donors (Lipinski definition) is 0. The number of carbonyl (C=O) groups excluding carboxylic acids is 1. The third-order valence-corrected chi connectivity index (χ3v) is 5.37. The molecule has 0 spiro atoms. The lowest BCUT2D eigenvalue weighted by molar-refractivity contribution is 0.0784. The predicted molar refractivity (Wildman–Crippen MR) is 115 cm³/mol. The zero-order chi connectivity index (χ0) is 21.3. The summed E-state index contributed by atoms with van der Waals surface area (Å²) in [4.78, 5) is 14.9. The number of carbonyl (C=O) groups is 1. The Kier molecular flexibility index (Phi) is 5.40. The predicted octanol–water partition coefficient (Wildman–Crippen LogP) is 4.15. The van der Waals surface area contributed by atoms with Crippen LogP contribution in [0.2, 0.25) is 0 Å². The lowest BCUT2D eigenvalue weighted by atomic mass is 10.1. The maximum absolute atomic E-state index is 13.2. The molecule has 30 heavy (non-hydrogen) atoms. The number of amides is 1. The van der Waals surface area contributed by atoms with Gasteiger partial charge in [-0.25, -0.2) is 0 Å². The van der Waals surface area contributed by atoms with Gasteiger partial charge in [-0.3, -0.25) is 4.79 Å². The SMILES string of the molecule is COc1ccc(CN(C)C(=O)c2cc(C)n(-c3ccc4c(c3)OCCO4)c2C)cc1. The Balaban J connectivity index is 1.58. The van der Waals surface area contributed by atoms with Gasteiger partial charge in [0.15, 0.2) is 11.5 Å². The molecule has 0 unspecified atom stereocenters. The number of nitrogens with zero attached hydrogens (tertiary/aromatic N) is 2. The molecule has 2 aromatic carbocycles. The molecule has 0 saturated carbocycles. The highest BCUT2D eigenvalue weighted by Gasteiger charge is 2.21. The van der Waals surface area contributed by atoms with Crippen molar-refractivity contribution in [3.05, 3.63) is 71.0 Å². The van der Waals surface area contributed by atoms with Crippen LogP contribution >= 0.6 is 0 Å². The van der Waals surface area contributed by atoms with Gasteiger partial charge in [-0.2, -0.15) is 0 Å². The number of hydrogen-bond acceptors (Lipinski definition) is 4. The summed E-state index contributed by atoms with van der Waals surface area (Å²) in [6.07, 6.45) is 0. The zero-order valence-corrected chi connectivity index (χ0v) is 17.8. The Morgan fingerprint density at radius 3 is 2.43 bits per heavy atom. The molecule has 6 heteroatoms. The van der Waals surface area contributed by atoms with Crippen molar-refractivity contribution in [1.29, 1.82) is 0 Å². The van der Waals surface area contributed by atoms with Gasteiger partial charge in [-0.05, 0) is 49.7 Å². The van der Waals surface area contributed by atoms with Gasteiger partial charge in [-0.15, -0.1) is 0 Å². The van der Waals surface area contributed by atoms with Crippen LogP contribution in [0.4, 0.5) is 0 Å². The van der Waals surface area contributed by atoms with Gasteiger partial charge >= 0.3 is 0 Å². The Morgan fingerprint density at radius 1 is 1.03 bits per heavy atom. The van der Waals surface area contributed by atoms with Crippen LogP contribution < -0.4 is 14.2 Å². The fraction of sp³-hybridized carbons (Fsp3) is 0.292. The molecule has 6 nitrogen and oxygen atoms in total. The maximum atomic E-state index is 13.2. The van der Waals surface area contributed by atoms with E-state index in [2.05, 4.69) is 4.57 Å². The van der Waals surface area contributed by atoms with Crippen molar-refractivity contribution < 1.29 is 19.0 Å². The summed E-state index contributed by atoms with van der Waals surface area (Å²) in [5.74, 6) is 2.28. The first-order valence-corrected chi connectivity index (χ1v) is 9.95. The van der Waals surface area contributed by atoms with Crippen molar-refractivity contribution in [2.75, 3.05) is 27.4 Å². The summed E-state index contributed by atoms with van der Waals surface area (Å²) in [7, 11) is 3.46. The number of aromatic nitrogens is 1. The van der Waals surface area contributed by atoms with Gasteiger partial charge in [0.05, 0.1) is 12.7 Å². The van der Waals surface area contributed by atoms with Crippen LogP contribution in [-0.4, -0.2) is 42.7 Å². The van der Waals surface area contributed by atoms with Gasteiger partial charge in [0.1, 0.15) is 19.0 Å². The minimum Gasteiger partial charge on any atom is -0.497 e. The molecule has 1 aliphatic rings. The van der Waals surface area contributed by atoms with Crippen molar-refractivity contribution in [3.63, 3.8) is 0 Å². The van der Waals surface area contributed by atoms with Gasteiger partial charge in [0.25, 0.3) is 5.91 Å². The topological polar surface area (TPSA) is 52.9 Å². The van der Waals surface area contributed by atoms with Gasteiger partial charge in [0.2, 0.25) is 0 Å². The first kappa shape index (κ1) is 19.9. The lowest BCUT2D eigenvalue weighted by Gasteiger charge is -2.20. The molecule has 156 valence electrons. The Morgan fingerprint density at radius 2 is 1.73 bits per heavy atom. The van der Waals surface area contributed by atoms with Crippen molar-refractivity contribution in [2.24, 2.45) is 0 Å². The van der Waals surface area contributed by atoms with E-state index in [1.54, 1.807) is 12.0 Å². The number of methoxy groups -OCH3 is 1. The third kappa shape index (κ3) is 3.73. The molecule has 0 saturated heterocycles. The molecule has 0 bridgehead atoms. The van der Waals surface area contributed by atoms with Crippen molar-refractivity contribution in [3.8, 4) is 22.9 Å². The lowest BCUT2D eigenvalue weighted by Crippen LogP contribution is -2.26. The fourth-order valence-corrected chi connectivity index (χ4v) is 3.83. The first-order valence-electron chi connectivity index (χ1n) is 9.95. The van der Waals surface area contributed by atoms with Crippen LogP contribution in [0.3, 0.4) is 0 Å². The van der Waals surface area contributed by atoms with Crippen molar-refractivity contribution in [1.82, 2.24) is 9.47 Å². The Bertz CT molecular complexity index is 1070. The quantitative estimate of drug-likeness (QED) is 0.639. The van der Waals surface area contributed by atoms with Gasteiger partial charge in [0, 0.05) is 36.7 Å². The van der Waals surface area contributed by atoms with E-state index in [1.165, 1.54) is 0 Å². The van der Waals surface area contributed by atoms with Crippen molar-refractivity contribution >= 4 is 5.91 Å². The Labute approximate surface area is 176 Å². The normalized spacial score (nSPS) is 12.5. The summed E-state index contributed by atoms with van der Waals surface area (Å²) >= 11 is 0. The van der Waals surface area contributed by atoms with E-state index in [4.69, 9.17) is 14.2 Å². The molecular weight excluding hydrogens is 380 g/mol. The van der Waals surface area contributed by atoms with Gasteiger partial charge in [-0.1, -0.05) is 12.1 Å².